The van der Waals surface area contributed by atoms with E-state index in [2.05, 4.69) is 5.32 Å². The Kier molecular flexibility index (Phi) is 3.83. The van der Waals surface area contributed by atoms with Crippen molar-refractivity contribution < 1.29 is 28.0 Å². The van der Waals surface area contributed by atoms with Crippen LogP contribution in [0.15, 0.2) is 47.4 Å². The lowest BCUT2D eigenvalue weighted by Gasteiger charge is -2.12. The molecule has 0 saturated heterocycles. The summed E-state index contributed by atoms with van der Waals surface area (Å²) in [5.74, 6) is -2.15. The van der Waals surface area contributed by atoms with Crippen LogP contribution in [0.2, 0.25) is 0 Å². The lowest BCUT2D eigenvalue weighted by Crippen LogP contribution is -2.05. The molecule has 0 spiro atoms. The van der Waals surface area contributed by atoms with Crippen LogP contribution < -0.4 is 5.32 Å². The molecular weight excluding hydrogens is 298 g/mol. The number of carboxylic acid groups (broad SMARTS) is 1. The second kappa shape index (κ2) is 5.43. The smallest absolute Gasteiger partial charge is 0.339 e. The SMILES string of the molecule is O=C(O)c1cc(S(=O)(=O)O)cc(Nc2ccccc2)c1O. The van der Waals surface area contributed by atoms with Gasteiger partial charge in [-0.05, 0) is 24.3 Å². The van der Waals surface area contributed by atoms with Crippen molar-refractivity contribution in [3.05, 3.63) is 48.0 Å². The summed E-state index contributed by atoms with van der Waals surface area (Å²) >= 11 is 0. The fraction of sp³-hybridized carbons (Fsp3) is 0. The first-order valence-electron chi connectivity index (χ1n) is 5.69. The molecule has 0 heterocycles. The van der Waals surface area contributed by atoms with E-state index in [1.807, 2.05) is 0 Å². The van der Waals surface area contributed by atoms with Crippen LogP contribution in [0.25, 0.3) is 0 Å². The maximum absolute atomic E-state index is 11.2. The molecular formula is C13H11NO6S. The standard InChI is InChI=1S/C13H11NO6S/c15-12-10(13(16)17)6-9(21(18,19)20)7-11(12)14-8-4-2-1-3-5-8/h1-7,14-15H,(H,16,17)(H,18,19,20). The van der Waals surface area contributed by atoms with E-state index in [1.165, 1.54) is 0 Å². The van der Waals surface area contributed by atoms with Crippen LogP contribution in [0.3, 0.4) is 0 Å². The Morgan fingerprint density at radius 3 is 2.24 bits per heavy atom. The zero-order chi connectivity index (χ0) is 15.6. The second-order valence-corrected chi connectivity index (χ2v) is 5.56. The molecule has 2 rings (SSSR count). The predicted octanol–water partition coefficient (Wildman–Crippen LogP) is 2.08. The van der Waals surface area contributed by atoms with Crippen LogP contribution in [0.5, 0.6) is 5.75 Å². The minimum Gasteiger partial charge on any atom is -0.505 e. The van der Waals surface area contributed by atoms with Gasteiger partial charge in [-0.25, -0.2) is 4.79 Å². The summed E-state index contributed by atoms with van der Waals surface area (Å²) in [6.45, 7) is 0. The van der Waals surface area contributed by atoms with Gasteiger partial charge in [-0.3, -0.25) is 4.55 Å². The Bertz CT molecular complexity index is 786. The average Bonchev–Trinajstić information content (AvgIpc) is 2.40. The maximum Gasteiger partial charge on any atom is 0.339 e. The van der Waals surface area contributed by atoms with Gasteiger partial charge in [0.1, 0.15) is 5.56 Å². The number of phenols is 1. The van der Waals surface area contributed by atoms with Crippen LogP contribution in [0.1, 0.15) is 10.4 Å². The Morgan fingerprint density at radius 1 is 1.10 bits per heavy atom. The van der Waals surface area contributed by atoms with E-state index >= 15 is 0 Å². The highest BCUT2D eigenvalue weighted by molar-refractivity contribution is 7.85. The minimum atomic E-state index is -4.60. The number of aromatic carboxylic acids is 1. The topological polar surface area (TPSA) is 124 Å². The number of carboxylic acids is 1. The average molecular weight is 309 g/mol. The highest BCUT2D eigenvalue weighted by Crippen LogP contribution is 2.33. The molecule has 110 valence electrons. The number of nitrogens with one attached hydrogen (secondary N) is 1. The van der Waals surface area contributed by atoms with E-state index in [9.17, 15) is 18.3 Å². The summed E-state index contributed by atoms with van der Waals surface area (Å²) in [5, 5.41) is 21.6. The van der Waals surface area contributed by atoms with Gasteiger partial charge < -0.3 is 15.5 Å². The largest absolute Gasteiger partial charge is 0.505 e. The fourth-order valence-electron chi connectivity index (χ4n) is 1.69. The highest BCUT2D eigenvalue weighted by Gasteiger charge is 2.20. The molecule has 4 N–H and O–H groups in total. The van der Waals surface area contributed by atoms with Crippen molar-refractivity contribution in [1.29, 1.82) is 0 Å². The summed E-state index contributed by atoms with van der Waals surface area (Å²) in [6.07, 6.45) is 0. The monoisotopic (exact) mass is 309 g/mol. The minimum absolute atomic E-state index is 0.145. The van der Waals surface area contributed by atoms with Crippen LogP contribution in [-0.2, 0) is 10.1 Å². The van der Waals surface area contributed by atoms with E-state index in [0.717, 1.165) is 6.07 Å². The normalized spacial score (nSPS) is 11.1. The van der Waals surface area contributed by atoms with Crippen LogP contribution in [0, 0.1) is 0 Å². The predicted molar refractivity (Wildman–Crippen MR) is 74.6 cm³/mol. The first-order chi connectivity index (χ1) is 9.79. The summed E-state index contributed by atoms with van der Waals surface area (Å²) in [4.78, 5) is 10.4. The number of rotatable bonds is 4. The Morgan fingerprint density at radius 2 is 1.71 bits per heavy atom. The first-order valence-corrected chi connectivity index (χ1v) is 7.13. The quantitative estimate of drug-likeness (QED) is 0.503. The van der Waals surface area contributed by atoms with E-state index in [0.29, 0.717) is 11.8 Å². The van der Waals surface area contributed by atoms with Gasteiger partial charge in [-0.15, -0.1) is 0 Å². The van der Waals surface area contributed by atoms with Gasteiger partial charge in [-0.1, -0.05) is 18.2 Å². The number of aromatic hydroxyl groups is 1. The molecule has 8 heteroatoms. The van der Waals surface area contributed by atoms with Crippen molar-refractivity contribution >= 4 is 27.5 Å². The van der Waals surface area contributed by atoms with Crippen LogP contribution in [0.4, 0.5) is 11.4 Å². The Balaban J connectivity index is 2.59. The van der Waals surface area contributed by atoms with Gasteiger partial charge in [-0.2, -0.15) is 8.42 Å². The molecule has 0 aliphatic carbocycles. The number of anilines is 2. The molecule has 2 aromatic carbocycles. The molecule has 21 heavy (non-hydrogen) atoms. The molecule has 0 fully saturated rings. The summed E-state index contributed by atoms with van der Waals surface area (Å²) in [7, 11) is -4.60. The molecule has 0 atom stereocenters. The first kappa shape index (κ1) is 14.8. The zero-order valence-corrected chi connectivity index (χ0v) is 11.3. The second-order valence-electron chi connectivity index (χ2n) is 4.14. The van der Waals surface area contributed by atoms with Crippen molar-refractivity contribution in [1.82, 2.24) is 0 Å². The molecule has 0 bridgehead atoms. The zero-order valence-electron chi connectivity index (χ0n) is 10.5. The third-order valence-corrected chi connectivity index (χ3v) is 3.50. The van der Waals surface area contributed by atoms with E-state index in [4.69, 9.17) is 9.66 Å². The third kappa shape index (κ3) is 3.30. The van der Waals surface area contributed by atoms with Crippen molar-refractivity contribution in [3.8, 4) is 5.75 Å². The maximum atomic E-state index is 11.2. The van der Waals surface area contributed by atoms with Crippen molar-refractivity contribution in [2.75, 3.05) is 5.32 Å². The lowest BCUT2D eigenvalue weighted by molar-refractivity contribution is 0.0693. The van der Waals surface area contributed by atoms with Gasteiger partial charge >= 0.3 is 5.97 Å². The fourth-order valence-corrected chi connectivity index (χ4v) is 2.23. The van der Waals surface area contributed by atoms with E-state index in [-0.39, 0.29) is 5.69 Å². The number of benzene rings is 2. The third-order valence-electron chi connectivity index (χ3n) is 2.66. The van der Waals surface area contributed by atoms with Gasteiger partial charge in [0, 0.05) is 5.69 Å². The van der Waals surface area contributed by atoms with Gasteiger partial charge in [0.25, 0.3) is 10.1 Å². The van der Waals surface area contributed by atoms with Crippen molar-refractivity contribution in [2.24, 2.45) is 0 Å². The Labute approximate surface area is 120 Å². The van der Waals surface area contributed by atoms with Gasteiger partial charge in [0.05, 0.1) is 10.6 Å². The molecule has 0 aliphatic heterocycles. The van der Waals surface area contributed by atoms with E-state index < -0.39 is 32.3 Å². The number of hydrogen-bond donors (Lipinski definition) is 4. The molecule has 7 nitrogen and oxygen atoms in total. The highest BCUT2D eigenvalue weighted by atomic mass is 32.2. The number of carbonyl (C=O) groups is 1. The van der Waals surface area contributed by atoms with E-state index in [1.54, 1.807) is 30.3 Å². The van der Waals surface area contributed by atoms with Crippen molar-refractivity contribution in [3.63, 3.8) is 0 Å². The van der Waals surface area contributed by atoms with Crippen LogP contribution >= 0.6 is 0 Å². The van der Waals surface area contributed by atoms with Crippen molar-refractivity contribution in [2.45, 2.75) is 4.90 Å². The summed E-state index contributed by atoms with van der Waals surface area (Å²) in [5.41, 5.74) is -0.270. The van der Waals surface area contributed by atoms with Crippen LogP contribution in [-0.4, -0.2) is 29.2 Å². The lowest BCUT2D eigenvalue weighted by atomic mass is 10.1. The summed E-state index contributed by atoms with van der Waals surface area (Å²) in [6, 6.07) is 10.1. The van der Waals surface area contributed by atoms with Gasteiger partial charge in [0.15, 0.2) is 5.75 Å². The molecule has 0 amide bonds. The number of para-hydroxylation sites is 1. The molecule has 0 unspecified atom stereocenters. The molecule has 2 aromatic rings. The molecule has 0 aliphatic rings. The Hall–Kier alpha value is -2.58. The number of hydrogen-bond acceptors (Lipinski definition) is 5. The summed E-state index contributed by atoms with van der Waals surface area (Å²) < 4.78 is 31.4. The molecule has 0 radical (unpaired) electrons. The molecule has 0 saturated carbocycles. The van der Waals surface area contributed by atoms with Gasteiger partial charge in [0.2, 0.25) is 0 Å². The molecule has 0 aromatic heterocycles.